The van der Waals surface area contributed by atoms with E-state index in [1.165, 1.54) is 0 Å². The molecule has 0 spiro atoms. The third-order valence-corrected chi connectivity index (χ3v) is 2.88. The van der Waals surface area contributed by atoms with Crippen molar-refractivity contribution < 1.29 is 14.3 Å². The van der Waals surface area contributed by atoms with Crippen LogP contribution in [0.4, 0.5) is 4.79 Å². The van der Waals surface area contributed by atoms with Gasteiger partial charge in [-0.15, -0.1) is 0 Å². The Balaban J connectivity index is 1.65. The molecule has 1 heterocycles. The Hall–Kier alpha value is -2.08. The second-order valence-corrected chi connectivity index (χ2v) is 4.32. The molecule has 19 heavy (non-hydrogen) atoms. The van der Waals surface area contributed by atoms with E-state index < -0.39 is 6.09 Å². The maximum Gasteiger partial charge on any atom is 0.426 e. The van der Waals surface area contributed by atoms with Gasteiger partial charge in [0.15, 0.2) is 0 Å². The fourth-order valence-electron chi connectivity index (χ4n) is 1.87. The normalized spacial score (nSPS) is 17.8. The van der Waals surface area contributed by atoms with Crippen molar-refractivity contribution in [2.45, 2.75) is 25.5 Å². The van der Waals surface area contributed by atoms with Crippen LogP contribution in [0, 0.1) is 0 Å². The molecule has 0 aliphatic carbocycles. The van der Waals surface area contributed by atoms with E-state index in [0.717, 1.165) is 24.9 Å². The van der Waals surface area contributed by atoms with Crippen molar-refractivity contribution >= 4 is 12.0 Å². The first-order valence-corrected chi connectivity index (χ1v) is 6.25. The minimum Gasteiger partial charge on any atom is -0.443 e. The van der Waals surface area contributed by atoms with Gasteiger partial charge in [-0.05, 0) is 24.9 Å². The van der Waals surface area contributed by atoms with E-state index in [2.05, 4.69) is 16.2 Å². The fourth-order valence-corrected chi connectivity index (χ4v) is 1.87. The second kappa shape index (κ2) is 6.75. The van der Waals surface area contributed by atoms with Crippen molar-refractivity contribution in [3.05, 3.63) is 35.9 Å². The summed E-state index contributed by atoms with van der Waals surface area (Å²) < 4.78 is 4.96. The summed E-state index contributed by atoms with van der Waals surface area (Å²) >= 11 is 0. The Morgan fingerprint density at radius 3 is 2.74 bits per heavy atom. The highest BCUT2D eigenvalue weighted by molar-refractivity contribution is 5.83. The Labute approximate surface area is 111 Å². The van der Waals surface area contributed by atoms with Crippen molar-refractivity contribution in [3.63, 3.8) is 0 Å². The van der Waals surface area contributed by atoms with Crippen LogP contribution in [0.5, 0.6) is 0 Å². The number of hydrazine groups is 1. The largest absolute Gasteiger partial charge is 0.443 e. The molecular weight excluding hydrogens is 246 g/mol. The van der Waals surface area contributed by atoms with E-state index in [1.807, 2.05) is 30.3 Å². The van der Waals surface area contributed by atoms with Gasteiger partial charge < -0.3 is 10.1 Å². The molecule has 1 fully saturated rings. The summed E-state index contributed by atoms with van der Waals surface area (Å²) in [6.45, 7) is 1.00. The van der Waals surface area contributed by atoms with E-state index in [1.54, 1.807) is 0 Å². The van der Waals surface area contributed by atoms with Crippen LogP contribution in [-0.4, -0.2) is 24.6 Å². The van der Waals surface area contributed by atoms with Gasteiger partial charge in [-0.1, -0.05) is 30.3 Å². The molecule has 1 aromatic carbocycles. The number of nitrogens with one attached hydrogen (secondary N) is 3. The van der Waals surface area contributed by atoms with Gasteiger partial charge in [0.05, 0.1) is 6.04 Å². The standard InChI is InChI=1S/C13H17N3O3/c17-12(11-7-4-8-14-11)15-16-13(18)19-9-10-5-2-1-3-6-10/h1-3,5-6,11,14H,4,7-9H2,(H,15,17)(H,16,18)/t11-/m0/s1. The summed E-state index contributed by atoms with van der Waals surface area (Å²) in [5, 5.41) is 3.03. The van der Waals surface area contributed by atoms with Crippen LogP contribution < -0.4 is 16.2 Å². The average molecular weight is 263 g/mol. The molecule has 0 radical (unpaired) electrons. The molecule has 3 N–H and O–H groups in total. The van der Waals surface area contributed by atoms with E-state index in [-0.39, 0.29) is 18.6 Å². The van der Waals surface area contributed by atoms with Crippen molar-refractivity contribution in [3.8, 4) is 0 Å². The van der Waals surface area contributed by atoms with Gasteiger partial charge in [-0.2, -0.15) is 0 Å². The zero-order valence-corrected chi connectivity index (χ0v) is 10.5. The first-order valence-electron chi connectivity index (χ1n) is 6.25. The summed E-state index contributed by atoms with van der Waals surface area (Å²) in [5.41, 5.74) is 5.45. The van der Waals surface area contributed by atoms with Crippen molar-refractivity contribution in [2.75, 3.05) is 6.54 Å². The lowest BCUT2D eigenvalue weighted by Gasteiger charge is -2.12. The zero-order valence-electron chi connectivity index (χ0n) is 10.5. The van der Waals surface area contributed by atoms with Crippen LogP contribution in [0.15, 0.2) is 30.3 Å². The molecule has 0 bridgehead atoms. The third kappa shape index (κ3) is 4.26. The Kier molecular flexibility index (Phi) is 4.74. The van der Waals surface area contributed by atoms with Crippen LogP contribution in [0.25, 0.3) is 0 Å². The van der Waals surface area contributed by atoms with Gasteiger partial charge >= 0.3 is 6.09 Å². The maximum absolute atomic E-state index is 11.6. The molecular formula is C13H17N3O3. The number of amides is 2. The Bertz CT molecular complexity index is 430. The van der Waals surface area contributed by atoms with Crippen molar-refractivity contribution in [1.29, 1.82) is 0 Å². The predicted molar refractivity (Wildman–Crippen MR) is 68.9 cm³/mol. The zero-order chi connectivity index (χ0) is 13.5. The molecule has 0 saturated carbocycles. The highest BCUT2D eigenvalue weighted by Crippen LogP contribution is 2.04. The van der Waals surface area contributed by atoms with E-state index >= 15 is 0 Å². The monoisotopic (exact) mass is 263 g/mol. The SMILES string of the molecule is O=C(NNC(=O)[C@@H]1CCCN1)OCc1ccccc1. The molecule has 6 nitrogen and oxygen atoms in total. The first-order chi connectivity index (χ1) is 9.25. The predicted octanol–water partition coefficient (Wildman–Crippen LogP) is 0.696. The number of hydrogen-bond donors (Lipinski definition) is 3. The van der Waals surface area contributed by atoms with Gasteiger partial charge in [0.2, 0.25) is 0 Å². The minimum absolute atomic E-state index is 0.171. The highest BCUT2D eigenvalue weighted by Gasteiger charge is 2.22. The van der Waals surface area contributed by atoms with Gasteiger partial charge in [0.1, 0.15) is 6.61 Å². The quantitative estimate of drug-likeness (QED) is 0.701. The van der Waals surface area contributed by atoms with Crippen molar-refractivity contribution in [1.82, 2.24) is 16.2 Å². The second-order valence-electron chi connectivity index (χ2n) is 4.32. The topological polar surface area (TPSA) is 79.5 Å². The lowest BCUT2D eigenvalue weighted by Crippen LogP contribution is -2.49. The number of carbonyl (C=O) groups is 2. The fraction of sp³-hybridized carbons (Fsp3) is 0.385. The molecule has 1 saturated heterocycles. The lowest BCUT2D eigenvalue weighted by atomic mass is 10.2. The number of rotatable bonds is 3. The Morgan fingerprint density at radius 1 is 1.26 bits per heavy atom. The lowest BCUT2D eigenvalue weighted by molar-refractivity contribution is -0.123. The highest BCUT2D eigenvalue weighted by atomic mass is 16.6. The number of hydrogen-bond acceptors (Lipinski definition) is 4. The molecule has 102 valence electrons. The average Bonchev–Trinajstić information content (AvgIpc) is 2.98. The van der Waals surface area contributed by atoms with Gasteiger partial charge in [0.25, 0.3) is 5.91 Å². The van der Waals surface area contributed by atoms with Crippen LogP contribution in [0.2, 0.25) is 0 Å². The third-order valence-electron chi connectivity index (χ3n) is 2.88. The molecule has 0 unspecified atom stereocenters. The summed E-state index contributed by atoms with van der Waals surface area (Å²) in [6, 6.07) is 9.10. The van der Waals surface area contributed by atoms with Gasteiger partial charge in [-0.3, -0.25) is 10.2 Å². The van der Waals surface area contributed by atoms with Crippen LogP contribution >= 0.6 is 0 Å². The van der Waals surface area contributed by atoms with E-state index in [4.69, 9.17) is 4.74 Å². The molecule has 1 atom stereocenters. The van der Waals surface area contributed by atoms with Crippen LogP contribution in [-0.2, 0) is 16.1 Å². The summed E-state index contributed by atoms with van der Waals surface area (Å²) in [7, 11) is 0. The molecule has 2 amide bonds. The molecule has 2 rings (SSSR count). The molecule has 0 aromatic heterocycles. The first kappa shape index (κ1) is 13.4. The van der Waals surface area contributed by atoms with E-state index in [9.17, 15) is 9.59 Å². The van der Waals surface area contributed by atoms with Gasteiger partial charge in [-0.25, -0.2) is 10.2 Å². The Morgan fingerprint density at radius 2 is 2.05 bits per heavy atom. The summed E-state index contributed by atoms with van der Waals surface area (Å²) in [5.74, 6) is -0.242. The number of ether oxygens (including phenoxy) is 1. The maximum atomic E-state index is 11.6. The molecule has 1 aliphatic rings. The molecule has 1 aliphatic heterocycles. The molecule has 6 heteroatoms. The van der Waals surface area contributed by atoms with Crippen LogP contribution in [0.3, 0.4) is 0 Å². The van der Waals surface area contributed by atoms with Gasteiger partial charge in [0, 0.05) is 0 Å². The number of carbonyl (C=O) groups excluding carboxylic acids is 2. The minimum atomic E-state index is -0.671. The summed E-state index contributed by atoms with van der Waals surface area (Å²) in [4.78, 5) is 22.9. The smallest absolute Gasteiger partial charge is 0.426 e. The van der Waals surface area contributed by atoms with Crippen LogP contribution in [0.1, 0.15) is 18.4 Å². The van der Waals surface area contributed by atoms with Crippen molar-refractivity contribution in [2.24, 2.45) is 0 Å². The summed E-state index contributed by atoms with van der Waals surface area (Å²) in [6.07, 6.45) is 1.08. The number of benzene rings is 1. The molecule has 1 aromatic rings. The van der Waals surface area contributed by atoms with E-state index in [0.29, 0.717) is 0 Å².